The monoisotopic (exact) mass is 488 g/mol. The number of aromatic hydroxyl groups is 2. The molecule has 0 aromatic heterocycles. The van der Waals surface area contributed by atoms with E-state index >= 15 is 0 Å². The van der Waals surface area contributed by atoms with E-state index in [0.29, 0.717) is 17.7 Å². The largest absolute Gasteiger partial charge is 0.508 e. The van der Waals surface area contributed by atoms with Crippen molar-refractivity contribution >= 4 is 30.4 Å². The first-order chi connectivity index (χ1) is 16.2. The summed E-state index contributed by atoms with van der Waals surface area (Å²) in [5.41, 5.74) is 6.92. The summed E-state index contributed by atoms with van der Waals surface area (Å²) in [5, 5.41) is 27.5. The summed E-state index contributed by atoms with van der Waals surface area (Å²) in [6.07, 6.45) is 1.08. The number of rotatable bonds is 13. The Morgan fingerprint density at radius 3 is 1.71 bits per heavy atom. The van der Waals surface area contributed by atoms with Crippen molar-refractivity contribution in [2.45, 2.75) is 44.3 Å². The van der Waals surface area contributed by atoms with Gasteiger partial charge < -0.3 is 31.9 Å². The second-order valence-corrected chi connectivity index (χ2v) is 8.32. The van der Waals surface area contributed by atoms with Crippen LogP contribution in [0.25, 0.3) is 0 Å². The number of primary amides is 1. The van der Waals surface area contributed by atoms with Gasteiger partial charge in [-0.1, -0.05) is 31.2 Å². The van der Waals surface area contributed by atoms with Crippen molar-refractivity contribution in [3.63, 3.8) is 0 Å². The smallest absolute Gasteiger partial charge is 0.243 e. The zero-order valence-electron chi connectivity index (χ0n) is 19.0. The number of benzene rings is 2. The number of nitrogens with one attached hydrogen (secondary N) is 3. The topological polar surface area (TPSA) is 154 Å². The van der Waals surface area contributed by atoms with Gasteiger partial charge in [-0.3, -0.25) is 14.4 Å². The average molecular weight is 489 g/mol. The molecular formula is C24H32N4O5S. The van der Waals surface area contributed by atoms with Crippen LogP contribution >= 0.6 is 12.6 Å². The minimum absolute atomic E-state index is 0.0791. The fourth-order valence-electron chi connectivity index (χ4n) is 3.27. The summed E-state index contributed by atoms with van der Waals surface area (Å²) < 4.78 is 0. The summed E-state index contributed by atoms with van der Waals surface area (Å²) in [6, 6.07) is 9.87. The minimum atomic E-state index is -1.02. The van der Waals surface area contributed by atoms with Crippen molar-refractivity contribution in [2.75, 3.05) is 12.3 Å². The number of carbonyl (C=O) groups is 3. The number of phenols is 2. The molecule has 10 heteroatoms. The molecule has 0 saturated carbocycles. The lowest BCUT2D eigenvalue weighted by molar-refractivity contribution is -0.131. The van der Waals surface area contributed by atoms with E-state index in [-0.39, 0.29) is 30.1 Å². The Balaban J connectivity index is 2.19. The van der Waals surface area contributed by atoms with Gasteiger partial charge in [0.05, 0.1) is 6.04 Å². The lowest BCUT2D eigenvalue weighted by atomic mass is 10.0. The van der Waals surface area contributed by atoms with Crippen molar-refractivity contribution < 1.29 is 24.6 Å². The number of nitrogens with two attached hydrogens (primary N) is 1. The van der Waals surface area contributed by atoms with Crippen LogP contribution in [0.5, 0.6) is 11.5 Å². The number of carbonyl (C=O) groups excluding carboxylic acids is 3. The van der Waals surface area contributed by atoms with Crippen LogP contribution in [-0.4, -0.2) is 58.4 Å². The van der Waals surface area contributed by atoms with Crippen LogP contribution in [0.1, 0.15) is 24.5 Å². The van der Waals surface area contributed by atoms with Crippen LogP contribution in [0.4, 0.5) is 0 Å². The van der Waals surface area contributed by atoms with Gasteiger partial charge in [0.1, 0.15) is 23.6 Å². The van der Waals surface area contributed by atoms with E-state index in [1.54, 1.807) is 24.3 Å². The number of thiol groups is 1. The third-order valence-corrected chi connectivity index (χ3v) is 5.55. The Hall–Kier alpha value is -3.24. The molecule has 0 aliphatic heterocycles. The molecular weight excluding hydrogens is 456 g/mol. The minimum Gasteiger partial charge on any atom is -0.508 e. The Labute approximate surface area is 204 Å². The van der Waals surface area contributed by atoms with Crippen LogP contribution in [0.15, 0.2) is 48.5 Å². The number of phenolic OH excluding ortho intramolecular Hbond substituents is 2. The Morgan fingerprint density at radius 1 is 0.824 bits per heavy atom. The summed E-state index contributed by atoms with van der Waals surface area (Å²) in [5.74, 6) is -1.29. The highest BCUT2D eigenvalue weighted by molar-refractivity contribution is 7.80. The maximum atomic E-state index is 13.2. The van der Waals surface area contributed by atoms with E-state index in [4.69, 9.17) is 5.73 Å². The van der Waals surface area contributed by atoms with Crippen LogP contribution in [0.2, 0.25) is 0 Å². The third kappa shape index (κ3) is 8.60. The van der Waals surface area contributed by atoms with Crippen LogP contribution in [0, 0.1) is 0 Å². The fraction of sp³-hybridized carbons (Fsp3) is 0.375. The molecule has 0 radical (unpaired) electrons. The maximum absolute atomic E-state index is 13.2. The SMILES string of the molecule is CCCN[C@@H](CS)C(=O)N[C@@H](Cc1ccc(O)cc1)C(=O)N[C@@H](Cc1ccc(O)cc1)C(N)=O. The van der Waals surface area contributed by atoms with Gasteiger partial charge in [0, 0.05) is 18.6 Å². The average Bonchev–Trinajstić information content (AvgIpc) is 2.81. The second kappa shape index (κ2) is 13.5. The Morgan fingerprint density at radius 2 is 1.26 bits per heavy atom. The fourth-order valence-corrected chi connectivity index (χ4v) is 3.57. The van der Waals surface area contributed by atoms with Gasteiger partial charge >= 0.3 is 0 Å². The van der Waals surface area contributed by atoms with Crippen LogP contribution in [-0.2, 0) is 27.2 Å². The molecule has 0 aliphatic carbocycles. The Bertz CT molecular complexity index is 953. The lowest BCUT2D eigenvalue weighted by Gasteiger charge is -2.24. The first-order valence-corrected chi connectivity index (χ1v) is 11.7. The molecule has 9 nitrogen and oxygen atoms in total. The molecule has 0 unspecified atom stereocenters. The molecule has 0 heterocycles. The van der Waals surface area contributed by atoms with Crippen molar-refractivity contribution in [1.29, 1.82) is 0 Å². The van der Waals surface area contributed by atoms with Gasteiger partial charge in [0.2, 0.25) is 17.7 Å². The van der Waals surface area contributed by atoms with Crippen molar-refractivity contribution in [3.05, 3.63) is 59.7 Å². The summed E-state index contributed by atoms with van der Waals surface area (Å²) in [4.78, 5) is 38.0. The van der Waals surface area contributed by atoms with Gasteiger partial charge in [0.15, 0.2) is 0 Å². The molecule has 2 rings (SSSR count). The molecule has 3 atom stereocenters. The van der Waals surface area contributed by atoms with Crippen molar-refractivity contribution in [1.82, 2.24) is 16.0 Å². The molecule has 0 spiro atoms. The molecule has 7 N–H and O–H groups in total. The molecule has 34 heavy (non-hydrogen) atoms. The third-order valence-electron chi connectivity index (χ3n) is 5.19. The van der Waals surface area contributed by atoms with Gasteiger partial charge in [-0.2, -0.15) is 12.6 Å². The van der Waals surface area contributed by atoms with Crippen molar-refractivity contribution in [3.8, 4) is 11.5 Å². The van der Waals surface area contributed by atoms with E-state index in [0.717, 1.165) is 6.42 Å². The highest BCUT2D eigenvalue weighted by atomic mass is 32.1. The lowest BCUT2D eigenvalue weighted by Crippen LogP contribution is -2.57. The van der Waals surface area contributed by atoms with Gasteiger partial charge in [-0.25, -0.2) is 0 Å². The highest BCUT2D eigenvalue weighted by Crippen LogP contribution is 2.13. The van der Waals surface area contributed by atoms with Crippen LogP contribution < -0.4 is 21.7 Å². The standard InChI is InChI=1S/C24H32N4O5S/c1-2-11-26-21(14-34)24(33)28-20(13-16-5-9-18(30)10-6-16)23(32)27-19(22(25)31)12-15-3-7-17(29)8-4-15/h3-10,19-21,26,29-30,34H,2,11-14H2,1H3,(H2,25,31)(H,27,32)(H,28,33)/t19-,20-,21-/m0/s1. The quantitative estimate of drug-likeness (QED) is 0.205. The van der Waals surface area contributed by atoms with E-state index < -0.39 is 35.8 Å². The predicted octanol–water partition coefficient (Wildman–Crippen LogP) is 0.636. The molecule has 184 valence electrons. The van der Waals surface area contributed by atoms with Gasteiger partial charge in [-0.15, -0.1) is 0 Å². The van der Waals surface area contributed by atoms with E-state index in [9.17, 15) is 24.6 Å². The second-order valence-electron chi connectivity index (χ2n) is 7.96. The first kappa shape index (κ1) is 27.0. The number of amides is 3. The van der Waals surface area contributed by atoms with Gasteiger partial charge in [-0.05, 0) is 48.4 Å². The summed E-state index contributed by atoms with van der Waals surface area (Å²) in [6.45, 7) is 2.59. The molecule has 0 bridgehead atoms. The molecule has 0 saturated heterocycles. The van der Waals surface area contributed by atoms with E-state index in [1.807, 2.05) is 6.92 Å². The van der Waals surface area contributed by atoms with E-state index in [1.165, 1.54) is 24.3 Å². The summed E-state index contributed by atoms with van der Waals surface area (Å²) >= 11 is 4.23. The molecule has 0 fully saturated rings. The summed E-state index contributed by atoms with van der Waals surface area (Å²) in [7, 11) is 0. The molecule has 2 aromatic carbocycles. The normalized spacial score (nSPS) is 13.5. The van der Waals surface area contributed by atoms with Crippen molar-refractivity contribution in [2.24, 2.45) is 5.73 Å². The predicted molar refractivity (Wildman–Crippen MR) is 133 cm³/mol. The zero-order valence-corrected chi connectivity index (χ0v) is 19.9. The Kier molecular flexibility index (Phi) is 10.7. The number of hydrogen-bond acceptors (Lipinski definition) is 7. The highest BCUT2D eigenvalue weighted by Gasteiger charge is 2.28. The zero-order chi connectivity index (χ0) is 25.1. The van der Waals surface area contributed by atoms with Gasteiger partial charge in [0.25, 0.3) is 0 Å². The maximum Gasteiger partial charge on any atom is 0.243 e. The van der Waals surface area contributed by atoms with Crippen LogP contribution in [0.3, 0.4) is 0 Å². The molecule has 0 aliphatic rings. The molecule has 2 aromatic rings. The van der Waals surface area contributed by atoms with E-state index in [2.05, 4.69) is 28.6 Å². The number of hydrogen-bond donors (Lipinski definition) is 7. The molecule has 3 amide bonds. The first-order valence-electron chi connectivity index (χ1n) is 11.0.